The summed E-state index contributed by atoms with van der Waals surface area (Å²) in [6.07, 6.45) is 2.52. The highest BCUT2D eigenvalue weighted by Gasteiger charge is 2.31. The van der Waals surface area contributed by atoms with Gasteiger partial charge in [-0.1, -0.05) is 0 Å². The van der Waals surface area contributed by atoms with Crippen LogP contribution < -0.4 is 9.64 Å². The van der Waals surface area contributed by atoms with Crippen LogP contribution in [0.1, 0.15) is 15.2 Å². The number of hydrogen-bond donors (Lipinski definition) is 0. The molecule has 5 rings (SSSR count). The Kier molecular flexibility index (Phi) is 3.26. The van der Waals surface area contributed by atoms with Gasteiger partial charge in [0, 0.05) is 18.4 Å². The van der Waals surface area contributed by atoms with E-state index in [1.807, 2.05) is 34.7 Å². The third-order valence-corrected chi connectivity index (χ3v) is 6.44. The number of pyridine rings is 1. The standard InChI is InChI=1S/C18H13N3O2S2/c1-23-13-4-6-19-17-15(13)11-5-7-21(18(22)16(11)25-17)10-2-3-12-14(8-10)24-9-20-12/h2-4,6,8-9H,5,7H2,1H3. The number of benzene rings is 1. The molecule has 0 atom stereocenters. The number of aromatic nitrogens is 2. The predicted molar refractivity (Wildman–Crippen MR) is 101 cm³/mol. The van der Waals surface area contributed by atoms with Gasteiger partial charge in [-0.15, -0.1) is 22.7 Å². The largest absolute Gasteiger partial charge is 0.496 e. The van der Waals surface area contributed by atoms with E-state index in [1.165, 1.54) is 11.3 Å². The van der Waals surface area contributed by atoms with E-state index >= 15 is 0 Å². The lowest BCUT2D eigenvalue weighted by molar-refractivity contribution is 0.0985. The van der Waals surface area contributed by atoms with Crippen molar-refractivity contribution in [1.29, 1.82) is 0 Å². The number of carbonyl (C=O) groups excluding carboxylic acids is 1. The van der Waals surface area contributed by atoms with Crippen LogP contribution in [0.3, 0.4) is 0 Å². The molecule has 1 aliphatic heterocycles. The Hall–Kier alpha value is -2.51. The fourth-order valence-electron chi connectivity index (χ4n) is 3.34. The lowest BCUT2D eigenvalue weighted by Crippen LogP contribution is -2.36. The molecule has 0 saturated heterocycles. The van der Waals surface area contributed by atoms with Crippen molar-refractivity contribution in [2.24, 2.45) is 0 Å². The third kappa shape index (κ3) is 2.16. The fourth-order valence-corrected chi connectivity index (χ4v) is 5.21. The molecule has 7 heteroatoms. The first-order chi connectivity index (χ1) is 12.3. The lowest BCUT2D eigenvalue weighted by Gasteiger charge is -2.27. The van der Waals surface area contributed by atoms with Gasteiger partial charge in [-0.25, -0.2) is 9.97 Å². The summed E-state index contributed by atoms with van der Waals surface area (Å²) in [5.74, 6) is 0.824. The van der Waals surface area contributed by atoms with Gasteiger partial charge in [0.05, 0.1) is 33.1 Å². The van der Waals surface area contributed by atoms with E-state index in [-0.39, 0.29) is 5.91 Å². The Morgan fingerprint density at radius 1 is 1.24 bits per heavy atom. The van der Waals surface area contributed by atoms with Gasteiger partial charge in [0.15, 0.2) is 0 Å². The van der Waals surface area contributed by atoms with Gasteiger partial charge < -0.3 is 9.64 Å². The zero-order chi connectivity index (χ0) is 17.0. The number of anilines is 1. The van der Waals surface area contributed by atoms with Crippen molar-refractivity contribution in [2.75, 3.05) is 18.6 Å². The van der Waals surface area contributed by atoms with Crippen LogP contribution in [0.5, 0.6) is 5.75 Å². The molecule has 1 amide bonds. The van der Waals surface area contributed by atoms with E-state index in [0.717, 1.165) is 48.7 Å². The van der Waals surface area contributed by atoms with E-state index in [4.69, 9.17) is 4.74 Å². The van der Waals surface area contributed by atoms with Gasteiger partial charge in [-0.3, -0.25) is 4.79 Å². The van der Waals surface area contributed by atoms with Crippen LogP contribution in [0.15, 0.2) is 36.0 Å². The maximum Gasteiger partial charge on any atom is 0.268 e. The second-order valence-corrected chi connectivity index (χ2v) is 7.70. The molecule has 0 fully saturated rings. The van der Waals surface area contributed by atoms with Crippen LogP contribution >= 0.6 is 22.7 Å². The Morgan fingerprint density at radius 3 is 3.04 bits per heavy atom. The molecule has 5 nitrogen and oxygen atoms in total. The molecule has 0 saturated carbocycles. The van der Waals surface area contributed by atoms with E-state index in [1.54, 1.807) is 24.6 Å². The maximum absolute atomic E-state index is 13.1. The summed E-state index contributed by atoms with van der Waals surface area (Å²) in [7, 11) is 1.65. The highest BCUT2D eigenvalue weighted by atomic mass is 32.1. The maximum atomic E-state index is 13.1. The molecule has 0 unspecified atom stereocenters. The molecule has 0 aliphatic carbocycles. The Bertz CT molecular complexity index is 1130. The smallest absolute Gasteiger partial charge is 0.268 e. The van der Waals surface area contributed by atoms with Gasteiger partial charge in [0.25, 0.3) is 5.91 Å². The first-order valence-corrected chi connectivity index (χ1v) is 9.55. The zero-order valence-corrected chi connectivity index (χ0v) is 15.0. The molecule has 4 aromatic rings. The first-order valence-electron chi connectivity index (χ1n) is 7.86. The normalized spacial score (nSPS) is 14.3. The molecule has 1 aromatic carbocycles. The quantitative estimate of drug-likeness (QED) is 0.535. The van der Waals surface area contributed by atoms with Crippen molar-refractivity contribution in [1.82, 2.24) is 9.97 Å². The van der Waals surface area contributed by atoms with Gasteiger partial charge in [0.1, 0.15) is 10.6 Å². The van der Waals surface area contributed by atoms with Crippen molar-refractivity contribution in [3.8, 4) is 5.75 Å². The van der Waals surface area contributed by atoms with Crippen molar-refractivity contribution in [2.45, 2.75) is 6.42 Å². The molecule has 4 heterocycles. The number of methoxy groups -OCH3 is 1. The molecule has 0 spiro atoms. The monoisotopic (exact) mass is 367 g/mol. The number of rotatable bonds is 2. The Balaban J connectivity index is 1.62. The van der Waals surface area contributed by atoms with Crippen molar-refractivity contribution >= 4 is 54.7 Å². The van der Waals surface area contributed by atoms with Crippen LogP contribution in [0.2, 0.25) is 0 Å². The minimum absolute atomic E-state index is 0.0372. The zero-order valence-electron chi connectivity index (χ0n) is 13.4. The van der Waals surface area contributed by atoms with E-state index in [9.17, 15) is 4.79 Å². The van der Waals surface area contributed by atoms with Crippen molar-refractivity contribution < 1.29 is 9.53 Å². The van der Waals surface area contributed by atoms with Crippen LogP contribution in [-0.2, 0) is 6.42 Å². The number of thiophene rings is 1. The predicted octanol–water partition coefficient (Wildman–Crippen LogP) is 4.12. The number of ether oxygens (including phenoxy) is 1. The Labute approximate surface area is 151 Å². The van der Waals surface area contributed by atoms with Gasteiger partial charge >= 0.3 is 0 Å². The molecular weight excluding hydrogens is 354 g/mol. The molecule has 0 radical (unpaired) electrons. The molecular formula is C18H13N3O2S2. The third-order valence-electron chi connectivity index (χ3n) is 4.52. The minimum Gasteiger partial charge on any atom is -0.496 e. The minimum atomic E-state index is 0.0372. The summed E-state index contributed by atoms with van der Waals surface area (Å²) in [4.78, 5) is 25.3. The number of amides is 1. The average Bonchev–Trinajstić information content (AvgIpc) is 3.25. The summed E-state index contributed by atoms with van der Waals surface area (Å²) in [6, 6.07) is 7.84. The number of thiazole rings is 1. The molecule has 124 valence electrons. The number of hydrogen-bond acceptors (Lipinski definition) is 6. The number of carbonyl (C=O) groups is 1. The fraction of sp³-hybridized carbons (Fsp3) is 0.167. The summed E-state index contributed by atoms with van der Waals surface area (Å²) < 4.78 is 6.57. The second kappa shape index (κ2) is 5.50. The summed E-state index contributed by atoms with van der Waals surface area (Å²) in [5.41, 5.74) is 4.78. The molecule has 0 bridgehead atoms. The highest BCUT2D eigenvalue weighted by molar-refractivity contribution is 7.20. The van der Waals surface area contributed by atoms with Crippen LogP contribution in [-0.4, -0.2) is 29.5 Å². The second-order valence-electron chi connectivity index (χ2n) is 5.81. The summed E-state index contributed by atoms with van der Waals surface area (Å²) in [6.45, 7) is 0.653. The summed E-state index contributed by atoms with van der Waals surface area (Å²) in [5, 5.41) is 0.982. The topological polar surface area (TPSA) is 55.3 Å². The van der Waals surface area contributed by atoms with Crippen LogP contribution in [0.4, 0.5) is 5.69 Å². The lowest BCUT2D eigenvalue weighted by atomic mass is 10.0. The van der Waals surface area contributed by atoms with E-state index < -0.39 is 0 Å². The van der Waals surface area contributed by atoms with Gasteiger partial charge in [0.2, 0.25) is 0 Å². The molecule has 3 aromatic heterocycles. The van der Waals surface area contributed by atoms with Gasteiger partial charge in [-0.2, -0.15) is 0 Å². The van der Waals surface area contributed by atoms with Crippen LogP contribution in [0, 0.1) is 0 Å². The van der Waals surface area contributed by atoms with Gasteiger partial charge in [-0.05, 0) is 36.2 Å². The summed E-state index contributed by atoms with van der Waals surface area (Å²) >= 11 is 3.04. The number of nitrogens with zero attached hydrogens (tertiary/aromatic N) is 3. The van der Waals surface area contributed by atoms with E-state index in [2.05, 4.69) is 9.97 Å². The van der Waals surface area contributed by atoms with Crippen molar-refractivity contribution in [3.63, 3.8) is 0 Å². The first kappa shape index (κ1) is 14.8. The number of fused-ring (bicyclic) bond motifs is 4. The van der Waals surface area contributed by atoms with E-state index in [0.29, 0.717) is 6.54 Å². The average molecular weight is 367 g/mol. The Morgan fingerprint density at radius 2 is 2.16 bits per heavy atom. The van der Waals surface area contributed by atoms with Crippen molar-refractivity contribution in [3.05, 3.63) is 46.4 Å². The molecule has 1 aliphatic rings. The highest BCUT2D eigenvalue weighted by Crippen LogP contribution is 2.40. The SMILES string of the molecule is COc1ccnc2sc3c(c12)CCN(c1ccc2ncsc2c1)C3=O. The van der Waals surface area contributed by atoms with Crippen LogP contribution in [0.25, 0.3) is 20.4 Å². The molecule has 25 heavy (non-hydrogen) atoms. The molecule has 0 N–H and O–H groups in total.